The molecule has 0 bridgehead atoms. The molecule has 0 aliphatic carbocycles. The normalized spacial score (nSPS) is 24.5. The zero-order chi connectivity index (χ0) is 60.2. The molecule has 460 valence electrons. The molecule has 6 N–H and O–H groups in total. The quantitative estimate of drug-likeness (QED) is 0.0702. The van der Waals surface area contributed by atoms with E-state index in [2.05, 4.69) is 64.7 Å². The summed E-state index contributed by atoms with van der Waals surface area (Å²) >= 11 is 0. The van der Waals surface area contributed by atoms with Gasteiger partial charge >= 0.3 is 0 Å². The molecule has 22 heteroatoms. The molecule has 4 saturated heterocycles. The van der Waals surface area contributed by atoms with Gasteiger partial charge in [-0.2, -0.15) is 0 Å². The number of carbonyl (C=O) groups excluding carboxylic acids is 4. The van der Waals surface area contributed by atoms with Gasteiger partial charge in [-0.1, -0.05) is 52.0 Å². The molecule has 6 atom stereocenters. The summed E-state index contributed by atoms with van der Waals surface area (Å²) in [5.41, 5.74) is 4.14. The van der Waals surface area contributed by atoms with Crippen LogP contribution in [0.2, 0.25) is 0 Å². The maximum absolute atomic E-state index is 14.3. The average Bonchev–Trinajstić information content (AvgIpc) is 2.41. The van der Waals surface area contributed by atoms with Crippen LogP contribution in [0.15, 0.2) is 70.3 Å². The van der Waals surface area contributed by atoms with Crippen LogP contribution in [0.4, 0.5) is 20.2 Å². The number of morpholine rings is 2. The minimum absolute atomic E-state index is 0.00618. The van der Waals surface area contributed by atoms with Crippen molar-refractivity contribution in [2.24, 2.45) is 0 Å². The summed E-state index contributed by atoms with van der Waals surface area (Å²) in [7, 11) is 0. The summed E-state index contributed by atoms with van der Waals surface area (Å²) in [6, 6.07) is 16.2. The van der Waals surface area contributed by atoms with Crippen molar-refractivity contribution in [1.29, 1.82) is 0 Å². The first-order valence-corrected chi connectivity index (χ1v) is 30.5. The molecule has 4 aromatic rings. The van der Waals surface area contributed by atoms with E-state index in [0.717, 1.165) is 41.8 Å². The monoisotopic (exact) mass is 1180 g/mol. The Bertz CT molecular complexity index is 2950. The van der Waals surface area contributed by atoms with E-state index in [1.54, 1.807) is 34.1 Å². The summed E-state index contributed by atoms with van der Waals surface area (Å²) in [6.07, 6.45) is 1.63. The number of H-pyrrole nitrogens is 2. The van der Waals surface area contributed by atoms with Gasteiger partial charge in [0.05, 0.1) is 37.7 Å². The highest BCUT2D eigenvalue weighted by Crippen LogP contribution is 2.40. The van der Waals surface area contributed by atoms with Gasteiger partial charge in [0.1, 0.15) is 23.8 Å². The van der Waals surface area contributed by atoms with Gasteiger partial charge in [0.2, 0.25) is 23.6 Å². The van der Waals surface area contributed by atoms with Crippen molar-refractivity contribution >= 4 is 35.0 Å². The fourth-order valence-corrected chi connectivity index (χ4v) is 13.1. The number of nitrogens with zero attached hydrogens (tertiary/aromatic N) is 6. The highest BCUT2D eigenvalue weighted by Gasteiger charge is 2.43. The molecule has 85 heavy (non-hydrogen) atoms. The summed E-state index contributed by atoms with van der Waals surface area (Å²) in [5.74, 6) is -1.10. The molecule has 6 aliphatic rings. The van der Waals surface area contributed by atoms with Crippen molar-refractivity contribution in [2.75, 3.05) is 128 Å². The smallest absolute Gasteiger partial charge is 0.251 e. The molecule has 0 saturated carbocycles. The number of aromatic amines is 2. The maximum atomic E-state index is 14.3. The number of anilines is 2. The molecule has 0 radical (unpaired) electrons. The number of unbranched alkanes of at least 4 members (excludes halogenated alkanes) is 2. The van der Waals surface area contributed by atoms with Crippen LogP contribution in [0, 0.1) is 11.6 Å². The summed E-state index contributed by atoms with van der Waals surface area (Å²) in [5, 5.41) is 13.3. The number of hydrogen-bond acceptors (Lipinski definition) is 14. The number of fused-ring (bicyclic) bond motifs is 2. The minimum atomic E-state index is -0.628. The van der Waals surface area contributed by atoms with Gasteiger partial charge in [-0.25, -0.2) is 8.78 Å². The number of aromatic nitrogens is 2. The van der Waals surface area contributed by atoms with E-state index in [4.69, 9.17) is 9.47 Å². The minimum Gasteiger partial charge on any atom is -0.366 e. The Balaban J connectivity index is 0.640. The predicted molar refractivity (Wildman–Crippen MR) is 321 cm³/mol. The molecule has 2 aromatic heterocycles. The van der Waals surface area contributed by atoms with Crippen LogP contribution in [0.1, 0.15) is 94.4 Å². The summed E-state index contributed by atoms with van der Waals surface area (Å²) in [6.45, 7) is 21.5. The number of hydrogen-bond donors (Lipinski definition) is 6. The lowest BCUT2D eigenvalue weighted by molar-refractivity contribution is -0.139. The molecule has 20 nitrogen and oxygen atoms in total. The van der Waals surface area contributed by atoms with E-state index in [9.17, 15) is 37.5 Å². The Hall–Kier alpha value is -6.24. The Morgan fingerprint density at radius 3 is 1.39 bits per heavy atom. The van der Waals surface area contributed by atoms with Crippen LogP contribution in [0.5, 0.6) is 0 Å². The van der Waals surface area contributed by atoms with Gasteiger partial charge in [-0.05, 0) is 80.6 Å². The van der Waals surface area contributed by atoms with Crippen LogP contribution in [0.25, 0.3) is 0 Å². The molecule has 4 fully saturated rings. The lowest BCUT2D eigenvalue weighted by Gasteiger charge is -2.43. The van der Waals surface area contributed by atoms with E-state index in [1.165, 1.54) is 24.3 Å². The largest absolute Gasteiger partial charge is 0.366 e. The number of amides is 4. The number of nitrogens with one attached hydrogen (secondary N) is 6. The van der Waals surface area contributed by atoms with E-state index in [1.807, 2.05) is 39.8 Å². The zero-order valence-electron chi connectivity index (χ0n) is 50.2. The third-order valence-electron chi connectivity index (χ3n) is 17.9. The van der Waals surface area contributed by atoms with Gasteiger partial charge in [0, 0.05) is 162 Å². The first-order chi connectivity index (χ1) is 40.7. The second kappa shape index (κ2) is 26.8. The molecule has 10 rings (SSSR count). The van der Waals surface area contributed by atoms with Crippen LogP contribution in [0.3, 0.4) is 0 Å². The SMILES string of the molecule is C[C@@H]1CN(CC(=O)N2CC(C)(C)c3[nH]c(=O)c(Cc4ccc(F)cc4)cc32)[C@@H](CN2CCO[C@H](C(=O)NCCCCCNC(=O)[C@@H]3CN(C[C@H]4CN[C@H](C)CN4CC(=O)N4CC(C)(C)c5[nH]c(=O)c(Cc6ccc(F)cc6)cc54)CCO3)C2)CN1. The highest BCUT2D eigenvalue weighted by atomic mass is 19.1. The van der Waals surface area contributed by atoms with Crippen molar-refractivity contribution in [3.05, 3.63) is 127 Å². The molecule has 4 amide bonds. The molecule has 6 aliphatic heterocycles. The number of rotatable bonds is 20. The van der Waals surface area contributed by atoms with Gasteiger partial charge in [0.25, 0.3) is 11.1 Å². The van der Waals surface area contributed by atoms with Crippen LogP contribution in [-0.4, -0.2) is 208 Å². The van der Waals surface area contributed by atoms with E-state index in [0.29, 0.717) is 140 Å². The summed E-state index contributed by atoms with van der Waals surface area (Å²) < 4.78 is 39.2. The van der Waals surface area contributed by atoms with Gasteiger partial charge in [0.15, 0.2) is 0 Å². The molecule has 0 spiro atoms. The zero-order valence-corrected chi connectivity index (χ0v) is 50.2. The summed E-state index contributed by atoms with van der Waals surface area (Å²) in [4.78, 5) is 101. The first kappa shape index (κ1) is 61.8. The van der Waals surface area contributed by atoms with Crippen LogP contribution >= 0.6 is 0 Å². The number of carbonyl (C=O) groups is 4. The number of pyridine rings is 2. The molecule has 2 aromatic carbocycles. The number of halogens is 2. The van der Waals surface area contributed by atoms with Crippen LogP contribution in [-0.2, 0) is 52.3 Å². The van der Waals surface area contributed by atoms with E-state index >= 15 is 0 Å². The third kappa shape index (κ3) is 15.1. The Labute approximate surface area is 496 Å². The third-order valence-corrected chi connectivity index (χ3v) is 17.9. The predicted octanol–water partition coefficient (Wildman–Crippen LogP) is 2.60. The fourth-order valence-electron chi connectivity index (χ4n) is 13.1. The molecule has 8 heterocycles. The van der Waals surface area contributed by atoms with Crippen molar-refractivity contribution in [1.82, 2.24) is 50.8 Å². The Morgan fingerprint density at radius 1 is 0.588 bits per heavy atom. The maximum Gasteiger partial charge on any atom is 0.251 e. The average molecular weight is 1180 g/mol. The first-order valence-electron chi connectivity index (χ1n) is 30.5. The molecular weight excluding hydrogens is 1090 g/mol. The Kier molecular flexibility index (Phi) is 19.5. The molecule has 0 unspecified atom stereocenters. The van der Waals surface area contributed by atoms with Crippen molar-refractivity contribution in [2.45, 2.75) is 121 Å². The number of piperazine rings is 2. The van der Waals surface area contributed by atoms with Gasteiger partial charge in [-0.15, -0.1) is 0 Å². The van der Waals surface area contributed by atoms with Crippen molar-refractivity contribution in [3.8, 4) is 0 Å². The van der Waals surface area contributed by atoms with Crippen molar-refractivity contribution < 1.29 is 37.4 Å². The Morgan fingerprint density at radius 2 is 0.988 bits per heavy atom. The molecular formula is C63H86F2N12O8. The second-order valence-electron chi connectivity index (χ2n) is 25.8. The van der Waals surface area contributed by atoms with Crippen LogP contribution < -0.4 is 42.2 Å². The lowest BCUT2D eigenvalue weighted by Crippen LogP contribution is -2.62. The number of ether oxygens (including phenoxy) is 2. The topological polar surface area (TPSA) is 220 Å². The lowest BCUT2D eigenvalue weighted by atomic mass is 9.91. The second-order valence-corrected chi connectivity index (χ2v) is 25.8. The van der Waals surface area contributed by atoms with Gasteiger partial charge in [-0.3, -0.25) is 48.4 Å². The fraction of sp³-hybridized carbons (Fsp3) is 0.587. The highest BCUT2D eigenvalue weighted by molar-refractivity contribution is 5.98. The van der Waals surface area contributed by atoms with Gasteiger partial charge < -0.3 is 50.5 Å². The standard InChI is InChI=1S/C63H86F2N12O8/c1-40-30-74(36-54(78)76-38-62(3,4)56-50(76)26-44(58(80)70-56)24-42-10-14-46(64)15-11-42)48(28-68-40)32-72-20-22-84-52(34-72)60(82)66-18-8-7-9-19-67-61(83)53-35-73(21-23-85-53)33-49-29-69-41(2)31-75(49)37-55(79)77-39-63(5,6)57-51(77)27-45(59(81)71-57)25-43-12-16-47(65)17-13-43/h10-17,26-27,40-41,48-49,52-53,68-69H,7-9,18-25,28-39H2,1-6H3,(H,66,82)(H,67,83)(H,70,80)(H,71,81)/t40-,41-,48-,49-,52+,53+/m1/s1. The van der Waals surface area contributed by atoms with Crippen molar-refractivity contribution in [3.63, 3.8) is 0 Å². The van der Waals surface area contributed by atoms with E-state index < -0.39 is 23.0 Å². The van der Waals surface area contributed by atoms with E-state index in [-0.39, 0.29) is 83.6 Å². The number of benzene rings is 2.